The van der Waals surface area contributed by atoms with Crippen LogP contribution in [0.25, 0.3) is 0 Å². The summed E-state index contributed by atoms with van der Waals surface area (Å²) in [6.07, 6.45) is 4.41. The molecule has 2 heterocycles. The number of piperidine rings is 1. The summed E-state index contributed by atoms with van der Waals surface area (Å²) >= 11 is 0. The van der Waals surface area contributed by atoms with Gasteiger partial charge in [-0.05, 0) is 43.7 Å². The van der Waals surface area contributed by atoms with Crippen molar-refractivity contribution in [1.82, 2.24) is 9.88 Å². The van der Waals surface area contributed by atoms with Crippen LogP contribution in [-0.2, 0) is 11.0 Å². The van der Waals surface area contributed by atoms with Gasteiger partial charge < -0.3 is 9.80 Å². The molecular weight excluding hydrogens is 355 g/mol. The minimum atomic E-state index is -4.45. The van der Waals surface area contributed by atoms with Gasteiger partial charge in [-0.1, -0.05) is 19.3 Å². The zero-order valence-corrected chi connectivity index (χ0v) is 15.8. The van der Waals surface area contributed by atoms with Gasteiger partial charge in [0.25, 0.3) is 0 Å². The number of pyridine rings is 1. The van der Waals surface area contributed by atoms with Crippen molar-refractivity contribution >= 4 is 11.7 Å². The van der Waals surface area contributed by atoms with E-state index in [1.807, 2.05) is 7.05 Å². The van der Waals surface area contributed by atoms with E-state index in [2.05, 4.69) is 4.98 Å². The summed E-state index contributed by atoms with van der Waals surface area (Å²) in [5, 5.41) is 0. The molecule has 0 bridgehead atoms. The van der Waals surface area contributed by atoms with Gasteiger partial charge in [0.15, 0.2) is 0 Å². The summed E-state index contributed by atoms with van der Waals surface area (Å²) in [5.74, 6) is 0.280. The molecule has 150 valence electrons. The summed E-state index contributed by atoms with van der Waals surface area (Å²) in [6.45, 7) is 1.55. The van der Waals surface area contributed by atoms with Gasteiger partial charge in [-0.15, -0.1) is 0 Å². The van der Waals surface area contributed by atoms with Crippen molar-refractivity contribution < 1.29 is 18.0 Å². The highest BCUT2D eigenvalue weighted by atomic mass is 19.4. The number of rotatable bonds is 4. The highest BCUT2D eigenvalue weighted by Crippen LogP contribution is 2.36. The molecule has 1 aromatic heterocycles. The van der Waals surface area contributed by atoms with E-state index in [1.165, 1.54) is 31.5 Å². The minimum Gasteiger partial charge on any atom is -0.355 e. The molecule has 1 saturated heterocycles. The Morgan fingerprint density at radius 2 is 1.96 bits per heavy atom. The standard InChI is InChI=1S/C20H28F3N3O/c1-25(13-15-7-3-2-4-8-15)19(27)16-9-6-12-26(14-16)18-17(20(21,22)23)10-5-11-24-18/h5,10-11,15-16H,2-4,6-9,12-14H2,1H3. The number of carbonyl (C=O) groups excluding carboxylic acids is 1. The van der Waals surface area contributed by atoms with Gasteiger partial charge in [-0.2, -0.15) is 13.2 Å². The molecule has 1 aliphatic carbocycles. The third kappa shape index (κ3) is 4.93. The Kier molecular flexibility index (Phi) is 6.27. The van der Waals surface area contributed by atoms with Crippen LogP contribution in [0.5, 0.6) is 0 Å². The zero-order valence-electron chi connectivity index (χ0n) is 15.8. The molecule has 3 rings (SSSR count). The molecule has 27 heavy (non-hydrogen) atoms. The van der Waals surface area contributed by atoms with Crippen LogP contribution in [0.15, 0.2) is 18.3 Å². The summed E-state index contributed by atoms with van der Waals surface area (Å²) in [5.41, 5.74) is -0.728. The Bertz CT molecular complexity index is 644. The highest BCUT2D eigenvalue weighted by molar-refractivity contribution is 5.79. The fraction of sp³-hybridized carbons (Fsp3) is 0.700. The van der Waals surface area contributed by atoms with Crippen LogP contribution in [0.1, 0.15) is 50.5 Å². The number of nitrogens with zero attached hydrogens (tertiary/aromatic N) is 3. The van der Waals surface area contributed by atoms with Crippen molar-refractivity contribution in [3.05, 3.63) is 23.9 Å². The molecule has 7 heteroatoms. The maximum atomic E-state index is 13.3. The number of hydrogen-bond donors (Lipinski definition) is 0. The number of aromatic nitrogens is 1. The van der Waals surface area contributed by atoms with E-state index in [9.17, 15) is 18.0 Å². The van der Waals surface area contributed by atoms with Gasteiger partial charge in [0.2, 0.25) is 5.91 Å². The molecule has 2 aliphatic rings. The molecular formula is C20H28F3N3O. The monoisotopic (exact) mass is 383 g/mol. The van der Waals surface area contributed by atoms with Crippen LogP contribution in [0.3, 0.4) is 0 Å². The normalized spacial score (nSPS) is 21.9. The van der Waals surface area contributed by atoms with Crippen molar-refractivity contribution in [2.45, 2.75) is 51.1 Å². The van der Waals surface area contributed by atoms with Crippen LogP contribution in [0, 0.1) is 11.8 Å². The molecule has 0 spiro atoms. The maximum Gasteiger partial charge on any atom is 0.419 e. The number of carbonyl (C=O) groups is 1. The predicted molar refractivity (Wildman–Crippen MR) is 98.4 cm³/mol. The van der Waals surface area contributed by atoms with Gasteiger partial charge in [0.05, 0.1) is 11.5 Å². The molecule has 1 aromatic rings. The molecule has 1 saturated carbocycles. The molecule has 1 aliphatic heterocycles. The van der Waals surface area contributed by atoms with E-state index in [0.29, 0.717) is 25.4 Å². The largest absolute Gasteiger partial charge is 0.419 e. The topological polar surface area (TPSA) is 36.4 Å². The third-order valence-electron chi connectivity index (χ3n) is 5.80. The van der Waals surface area contributed by atoms with Gasteiger partial charge in [0.1, 0.15) is 5.82 Å². The van der Waals surface area contributed by atoms with Crippen LogP contribution in [0.4, 0.5) is 19.0 Å². The molecule has 4 nitrogen and oxygen atoms in total. The number of alkyl halides is 3. The molecule has 0 aromatic carbocycles. The maximum absolute atomic E-state index is 13.3. The first-order valence-corrected chi connectivity index (χ1v) is 9.88. The minimum absolute atomic E-state index is 0.0507. The Morgan fingerprint density at radius 1 is 1.22 bits per heavy atom. The van der Waals surface area contributed by atoms with Crippen molar-refractivity contribution in [3.63, 3.8) is 0 Å². The van der Waals surface area contributed by atoms with Crippen molar-refractivity contribution in [3.8, 4) is 0 Å². The Hall–Kier alpha value is -1.79. The lowest BCUT2D eigenvalue weighted by Crippen LogP contribution is -2.45. The van der Waals surface area contributed by atoms with E-state index in [0.717, 1.165) is 31.9 Å². The molecule has 1 atom stereocenters. The second kappa shape index (κ2) is 8.48. The van der Waals surface area contributed by atoms with Crippen molar-refractivity contribution in [2.24, 2.45) is 11.8 Å². The number of halogens is 3. The Balaban J connectivity index is 1.66. The number of hydrogen-bond acceptors (Lipinski definition) is 3. The van der Waals surface area contributed by atoms with Gasteiger partial charge >= 0.3 is 6.18 Å². The molecule has 0 radical (unpaired) electrons. The zero-order chi connectivity index (χ0) is 19.4. The molecule has 2 fully saturated rings. The lowest BCUT2D eigenvalue weighted by Gasteiger charge is -2.36. The van der Waals surface area contributed by atoms with Gasteiger partial charge in [-0.3, -0.25) is 4.79 Å². The van der Waals surface area contributed by atoms with Crippen LogP contribution >= 0.6 is 0 Å². The summed E-state index contributed by atoms with van der Waals surface area (Å²) < 4.78 is 39.9. The fourth-order valence-electron chi connectivity index (χ4n) is 4.40. The fourth-order valence-corrected chi connectivity index (χ4v) is 4.40. The van der Waals surface area contributed by atoms with E-state index in [-0.39, 0.29) is 17.6 Å². The van der Waals surface area contributed by atoms with Crippen LogP contribution in [-0.4, -0.2) is 42.5 Å². The van der Waals surface area contributed by atoms with E-state index >= 15 is 0 Å². The number of amides is 1. The van der Waals surface area contributed by atoms with Gasteiger partial charge in [-0.25, -0.2) is 4.98 Å². The number of anilines is 1. The predicted octanol–water partition coefficient (Wildman–Crippen LogP) is 4.36. The average molecular weight is 383 g/mol. The van der Waals surface area contributed by atoms with Crippen LogP contribution < -0.4 is 4.90 Å². The first-order chi connectivity index (χ1) is 12.9. The Labute approximate surface area is 158 Å². The second-order valence-corrected chi connectivity index (χ2v) is 7.88. The molecule has 1 amide bonds. The van der Waals surface area contributed by atoms with Crippen molar-refractivity contribution in [2.75, 3.05) is 31.6 Å². The summed E-state index contributed by atoms with van der Waals surface area (Å²) in [6, 6.07) is 2.36. The first-order valence-electron chi connectivity index (χ1n) is 9.88. The SMILES string of the molecule is CN(CC1CCCCC1)C(=O)C1CCCN(c2ncccc2C(F)(F)F)C1. The smallest absolute Gasteiger partial charge is 0.355 e. The first kappa shape index (κ1) is 20.0. The molecule has 0 N–H and O–H groups in total. The Morgan fingerprint density at radius 3 is 2.67 bits per heavy atom. The van der Waals surface area contributed by atoms with E-state index in [1.54, 1.807) is 9.80 Å². The average Bonchev–Trinajstić information content (AvgIpc) is 2.67. The lowest BCUT2D eigenvalue weighted by atomic mass is 9.88. The quantitative estimate of drug-likeness (QED) is 0.775. The summed E-state index contributed by atoms with van der Waals surface area (Å²) in [4.78, 5) is 20.3. The molecule has 1 unspecified atom stereocenters. The van der Waals surface area contributed by atoms with Crippen molar-refractivity contribution in [1.29, 1.82) is 0 Å². The second-order valence-electron chi connectivity index (χ2n) is 7.88. The summed E-state index contributed by atoms with van der Waals surface area (Å²) in [7, 11) is 1.83. The van der Waals surface area contributed by atoms with E-state index in [4.69, 9.17) is 0 Å². The third-order valence-corrected chi connectivity index (χ3v) is 5.80. The van der Waals surface area contributed by atoms with E-state index < -0.39 is 11.7 Å². The lowest BCUT2D eigenvalue weighted by molar-refractivity contribution is -0.137. The highest BCUT2D eigenvalue weighted by Gasteiger charge is 2.37. The van der Waals surface area contributed by atoms with Crippen LogP contribution in [0.2, 0.25) is 0 Å². The van der Waals surface area contributed by atoms with Gasteiger partial charge in [0, 0.05) is 32.9 Å².